The topological polar surface area (TPSA) is 64.2 Å². The molecule has 4 aromatic rings. The zero-order valence-electron chi connectivity index (χ0n) is 21.9. The Morgan fingerprint density at radius 1 is 0.667 bits per heavy atom. The highest BCUT2D eigenvalue weighted by atomic mass is 79.9. The van der Waals surface area contributed by atoms with Crippen LogP contribution in [0.2, 0.25) is 10.0 Å². The molecule has 0 saturated heterocycles. The first kappa shape index (κ1) is 33.4. The highest BCUT2D eigenvalue weighted by Crippen LogP contribution is 2.32. The van der Waals surface area contributed by atoms with Gasteiger partial charge in [0.25, 0.3) is 11.1 Å². The lowest BCUT2D eigenvalue weighted by Crippen LogP contribution is -2.23. The van der Waals surface area contributed by atoms with E-state index in [1.54, 1.807) is 13.8 Å². The molecule has 224 valence electrons. The van der Waals surface area contributed by atoms with E-state index in [4.69, 9.17) is 23.2 Å². The van der Waals surface area contributed by atoms with E-state index in [2.05, 4.69) is 15.9 Å². The summed E-state index contributed by atoms with van der Waals surface area (Å²) < 4.78 is 84.2. The molecule has 0 spiro atoms. The summed E-state index contributed by atoms with van der Waals surface area (Å²) in [5.74, 6) is -6.55. The molecule has 0 fully saturated rings. The Morgan fingerprint density at radius 3 is 1.31 bits per heavy atom. The summed E-state index contributed by atoms with van der Waals surface area (Å²) in [6.45, 7) is 2.91. The van der Waals surface area contributed by atoms with Crippen molar-refractivity contribution in [2.45, 2.75) is 38.9 Å². The molecule has 2 aromatic carbocycles. The second kappa shape index (κ2) is 13.9. The van der Waals surface area contributed by atoms with Gasteiger partial charge in [0, 0.05) is 48.2 Å². The molecule has 1 N–H and O–H groups in total. The average molecular weight is 698 g/mol. The Morgan fingerprint density at radius 2 is 1.00 bits per heavy atom. The van der Waals surface area contributed by atoms with Crippen molar-refractivity contribution in [3.05, 3.63) is 113 Å². The first-order valence-corrected chi connectivity index (χ1v) is 14.0. The maximum absolute atomic E-state index is 14.0. The van der Waals surface area contributed by atoms with Crippen molar-refractivity contribution in [2.75, 3.05) is 0 Å². The summed E-state index contributed by atoms with van der Waals surface area (Å²) in [6, 6.07) is 4.68. The monoisotopic (exact) mass is 696 g/mol. The Hall–Kier alpha value is -3.06. The van der Waals surface area contributed by atoms with Crippen molar-refractivity contribution in [1.82, 2.24) is 9.13 Å². The summed E-state index contributed by atoms with van der Waals surface area (Å²) in [5.41, 5.74) is -1.80. The molecule has 2 heterocycles. The molecule has 42 heavy (non-hydrogen) atoms. The van der Waals surface area contributed by atoms with Crippen LogP contribution in [0.4, 0.5) is 26.3 Å². The van der Waals surface area contributed by atoms with Gasteiger partial charge < -0.3 is 14.2 Å². The van der Waals surface area contributed by atoms with Gasteiger partial charge in [-0.05, 0) is 31.5 Å². The van der Waals surface area contributed by atoms with Crippen LogP contribution in [0.25, 0.3) is 22.5 Å². The van der Waals surface area contributed by atoms with Crippen LogP contribution in [-0.2, 0) is 25.0 Å². The fourth-order valence-corrected chi connectivity index (χ4v) is 5.22. The van der Waals surface area contributed by atoms with Gasteiger partial charge in [0.05, 0.1) is 29.1 Å². The number of benzene rings is 2. The lowest BCUT2D eigenvalue weighted by molar-refractivity contribution is 0.281. The average Bonchev–Trinajstić information content (AvgIpc) is 2.91. The van der Waals surface area contributed by atoms with E-state index in [1.807, 2.05) is 0 Å². The Labute approximate surface area is 253 Å². The van der Waals surface area contributed by atoms with Gasteiger partial charge >= 0.3 is 0 Å². The highest BCUT2D eigenvalue weighted by Gasteiger charge is 2.23. The molecule has 4 rings (SSSR count). The van der Waals surface area contributed by atoms with Crippen LogP contribution in [0.5, 0.6) is 0 Å². The maximum atomic E-state index is 14.0. The standard InChI is InChI=1S/C14H10BrClF3NO.C14H11ClF3NO2/c1-2-20-13(7(6-15)3-9(16)14(20)21)12-10(18)4-8(17)5-11(12)19;1-2-19-13(7(6-20)3-9(15)14(19)21)12-10(17)4-8(16)5-11(12)18/h3-5H,2,6H2,1H3;3-5,20H,2,6H2,1H3. The highest BCUT2D eigenvalue weighted by molar-refractivity contribution is 9.08. The van der Waals surface area contributed by atoms with Crippen LogP contribution in [0, 0.1) is 34.9 Å². The number of hydrogen-bond acceptors (Lipinski definition) is 3. The number of aliphatic hydroxyl groups excluding tert-OH is 1. The summed E-state index contributed by atoms with van der Waals surface area (Å²) in [4.78, 5) is 24.0. The Bertz CT molecular complexity index is 1600. The first-order valence-electron chi connectivity index (χ1n) is 12.1. The molecule has 0 aliphatic carbocycles. The van der Waals surface area contributed by atoms with Crippen molar-refractivity contribution in [2.24, 2.45) is 0 Å². The smallest absolute Gasteiger partial charge is 0.269 e. The van der Waals surface area contributed by atoms with Gasteiger partial charge in [-0.1, -0.05) is 39.1 Å². The van der Waals surface area contributed by atoms with Gasteiger partial charge in [0.1, 0.15) is 44.9 Å². The number of hydrogen-bond donors (Lipinski definition) is 1. The van der Waals surface area contributed by atoms with Crippen molar-refractivity contribution in [3.63, 3.8) is 0 Å². The number of rotatable bonds is 6. The van der Waals surface area contributed by atoms with Crippen molar-refractivity contribution in [3.8, 4) is 22.5 Å². The van der Waals surface area contributed by atoms with Crippen LogP contribution in [0.3, 0.4) is 0 Å². The lowest BCUT2D eigenvalue weighted by atomic mass is 10.0. The van der Waals surface area contributed by atoms with E-state index in [0.29, 0.717) is 29.8 Å². The zero-order valence-corrected chi connectivity index (χ0v) is 25.0. The third-order valence-electron chi connectivity index (χ3n) is 6.08. The van der Waals surface area contributed by atoms with E-state index >= 15 is 0 Å². The van der Waals surface area contributed by atoms with Gasteiger partial charge in [-0.25, -0.2) is 26.3 Å². The zero-order chi connectivity index (χ0) is 31.5. The molecule has 0 aliphatic heterocycles. The van der Waals surface area contributed by atoms with Crippen molar-refractivity contribution >= 4 is 39.1 Å². The number of nitrogens with zero attached hydrogens (tertiary/aromatic N) is 2. The molecule has 0 aliphatic rings. The van der Waals surface area contributed by atoms with Gasteiger partial charge in [-0.3, -0.25) is 9.59 Å². The van der Waals surface area contributed by atoms with Gasteiger partial charge in [0.2, 0.25) is 0 Å². The second-order valence-electron chi connectivity index (χ2n) is 8.61. The SMILES string of the molecule is CCn1c(-c2c(F)cc(F)cc2F)c(CBr)cc(Cl)c1=O.CCn1c(-c2c(F)cc(F)cc2F)c(CO)cc(Cl)c1=O. The summed E-state index contributed by atoms with van der Waals surface area (Å²) in [5, 5.41) is 9.38. The van der Waals surface area contributed by atoms with Gasteiger partial charge in [-0.2, -0.15) is 0 Å². The third kappa shape index (κ3) is 6.61. The molecule has 0 unspecified atom stereocenters. The summed E-state index contributed by atoms with van der Waals surface area (Å²) >= 11 is 14.8. The molecule has 0 bridgehead atoms. The first-order chi connectivity index (χ1) is 19.8. The molecule has 0 atom stereocenters. The van der Waals surface area contributed by atoms with E-state index in [0.717, 1.165) is 10.6 Å². The molecular formula is C28H21BrCl2F6N2O3. The number of aliphatic hydroxyl groups is 1. The van der Waals surface area contributed by atoms with E-state index in [1.165, 1.54) is 10.6 Å². The van der Waals surface area contributed by atoms with Crippen LogP contribution in [0.15, 0.2) is 46.0 Å². The molecule has 2 aromatic heterocycles. The predicted molar refractivity (Wildman–Crippen MR) is 152 cm³/mol. The summed E-state index contributed by atoms with van der Waals surface area (Å²) in [7, 11) is 0. The maximum Gasteiger partial charge on any atom is 0.269 e. The van der Waals surface area contributed by atoms with Crippen LogP contribution in [0.1, 0.15) is 25.0 Å². The summed E-state index contributed by atoms with van der Waals surface area (Å²) in [6.07, 6.45) is 0. The van der Waals surface area contributed by atoms with Crippen molar-refractivity contribution < 1.29 is 31.4 Å². The number of pyridine rings is 2. The molecule has 0 saturated carbocycles. The molecule has 5 nitrogen and oxygen atoms in total. The Kier molecular flexibility index (Phi) is 11.1. The second-order valence-corrected chi connectivity index (χ2v) is 9.99. The quantitative estimate of drug-likeness (QED) is 0.167. The minimum Gasteiger partial charge on any atom is -0.392 e. The van der Waals surface area contributed by atoms with E-state index in [-0.39, 0.29) is 45.4 Å². The van der Waals surface area contributed by atoms with Crippen molar-refractivity contribution in [1.29, 1.82) is 0 Å². The van der Waals surface area contributed by atoms with Crippen LogP contribution < -0.4 is 11.1 Å². The fourth-order valence-electron chi connectivity index (χ4n) is 4.33. The number of alkyl halides is 1. The minimum absolute atomic E-state index is 0.0435. The van der Waals surface area contributed by atoms with E-state index in [9.17, 15) is 41.0 Å². The third-order valence-corrected chi connectivity index (χ3v) is 7.23. The molecular weight excluding hydrogens is 677 g/mol. The van der Waals surface area contributed by atoms with E-state index < -0.39 is 63.8 Å². The van der Waals surface area contributed by atoms with Crippen LogP contribution in [-0.4, -0.2) is 14.2 Å². The molecule has 14 heteroatoms. The van der Waals surface area contributed by atoms with Gasteiger partial charge in [-0.15, -0.1) is 0 Å². The van der Waals surface area contributed by atoms with Crippen LogP contribution >= 0.6 is 39.1 Å². The normalized spacial score (nSPS) is 11.0. The minimum atomic E-state index is -1.16. The number of halogens is 9. The number of aromatic nitrogens is 2. The van der Waals surface area contributed by atoms with Gasteiger partial charge in [0.15, 0.2) is 0 Å². The fraction of sp³-hybridized carbons (Fsp3) is 0.214. The molecule has 0 radical (unpaired) electrons. The Balaban J connectivity index is 0.000000230. The lowest BCUT2D eigenvalue weighted by Gasteiger charge is -2.17. The molecule has 0 amide bonds. The predicted octanol–water partition coefficient (Wildman–Crippen LogP) is 7.60. The largest absolute Gasteiger partial charge is 0.392 e.